The monoisotopic (exact) mass is 604 g/mol. The third kappa shape index (κ3) is 10.7. The largest absolute Gasteiger partial charge is 0.358 e. The molecule has 0 bridgehead atoms. The van der Waals surface area contributed by atoms with Crippen molar-refractivity contribution < 1.29 is 37.9 Å². The van der Waals surface area contributed by atoms with E-state index in [0.717, 1.165) is 0 Å². The van der Waals surface area contributed by atoms with Crippen LogP contribution in [0, 0.1) is 47.4 Å². The van der Waals surface area contributed by atoms with E-state index in [0.29, 0.717) is 26.4 Å². The predicted molar refractivity (Wildman–Crippen MR) is 170 cm³/mol. The Labute approximate surface area is 263 Å². The van der Waals surface area contributed by atoms with Crippen LogP contribution >= 0.6 is 0 Å². The first kappa shape index (κ1) is 36.8. The summed E-state index contributed by atoms with van der Waals surface area (Å²) in [4.78, 5) is 0. The lowest BCUT2D eigenvalue weighted by Gasteiger charge is -2.29. The fraction of sp³-hybridized carbons (Fsp3) is 0.500. The van der Waals surface area contributed by atoms with Gasteiger partial charge >= 0.3 is 0 Å². The molecule has 8 nitrogen and oxygen atoms in total. The standard InChI is InChI=1S/C36H44O8/c1-9-41-31(42-10-2)17-21-35(39-7)27-23-33(37-5,24-28-35)19-15-13-14-16-20-34(38-6)25-29-36(40-8,30-26-34)22-18-32(43-11-3)44-12-4/h13-14,23-32H,9-12H2,1-8H3/b14-13-. The van der Waals surface area contributed by atoms with Crippen molar-refractivity contribution >= 4 is 0 Å². The smallest absolute Gasteiger partial charge is 0.222 e. The van der Waals surface area contributed by atoms with E-state index < -0.39 is 35.0 Å². The molecule has 0 radical (unpaired) electrons. The topological polar surface area (TPSA) is 73.8 Å². The first-order chi connectivity index (χ1) is 21.3. The molecule has 0 aliphatic heterocycles. The molecule has 0 N–H and O–H groups in total. The van der Waals surface area contributed by atoms with Gasteiger partial charge in [-0.1, -0.05) is 35.5 Å². The third-order valence-corrected chi connectivity index (χ3v) is 6.49. The van der Waals surface area contributed by atoms with E-state index in [9.17, 15) is 0 Å². The second-order valence-corrected chi connectivity index (χ2v) is 9.22. The van der Waals surface area contributed by atoms with E-state index in [1.807, 2.05) is 52.0 Å². The van der Waals surface area contributed by atoms with Gasteiger partial charge in [-0.3, -0.25) is 0 Å². The fourth-order valence-corrected chi connectivity index (χ4v) is 3.90. The molecule has 0 aromatic heterocycles. The third-order valence-electron chi connectivity index (χ3n) is 6.49. The van der Waals surface area contributed by atoms with Crippen LogP contribution in [0.15, 0.2) is 60.8 Å². The number of hydrogen-bond acceptors (Lipinski definition) is 8. The molecule has 0 fully saturated rings. The second-order valence-electron chi connectivity index (χ2n) is 9.22. The minimum Gasteiger partial charge on any atom is -0.358 e. The first-order valence-corrected chi connectivity index (χ1v) is 14.5. The fourth-order valence-electron chi connectivity index (χ4n) is 3.90. The SMILES string of the molecule is CCOC(C#CC1(OC)C=CC(C#C/C=C\C#CC2(OC)C=CC(C#CC(OCC)OCC)(OC)C=C2)(OC)C=C1)OCC. The van der Waals surface area contributed by atoms with Crippen LogP contribution in [-0.4, -0.2) is 89.9 Å². The normalized spacial score (nSPS) is 26.9. The molecule has 0 saturated heterocycles. The maximum absolute atomic E-state index is 5.70. The van der Waals surface area contributed by atoms with Crippen LogP contribution in [0.2, 0.25) is 0 Å². The molecule has 0 aromatic carbocycles. The zero-order chi connectivity index (χ0) is 32.4. The zero-order valence-corrected chi connectivity index (χ0v) is 27.0. The molecule has 0 atom stereocenters. The zero-order valence-electron chi connectivity index (χ0n) is 27.0. The second kappa shape index (κ2) is 18.4. The van der Waals surface area contributed by atoms with Crippen LogP contribution in [0.5, 0.6) is 0 Å². The van der Waals surface area contributed by atoms with E-state index in [-0.39, 0.29) is 0 Å². The summed E-state index contributed by atoms with van der Waals surface area (Å²) in [5.74, 6) is 24.4. The Morgan fingerprint density at radius 2 is 0.705 bits per heavy atom. The van der Waals surface area contributed by atoms with Crippen molar-refractivity contribution in [2.24, 2.45) is 0 Å². The molecule has 2 rings (SSSR count). The lowest BCUT2D eigenvalue weighted by molar-refractivity contribution is -0.0975. The minimum absolute atomic E-state index is 0.486. The van der Waals surface area contributed by atoms with Gasteiger partial charge in [0.2, 0.25) is 12.6 Å². The highest BCUT2D eigenvalue weighted by atomic mass is 16.7. The van der Waals surface area contributed by atoms with Crippen molar-refractivity contribution in [3.63, 3.8) is 0 Å². The van der Waals surface area contributed by atoms with Crippen molar-refractivity contribution in [1.82, 2.24) is 0 Å². The Balaban J connectivity index is 2.16. The molecule has 0 aromatic rings. The highest BCUT2D eigenvalue weighted by Gasteiger charge is 2.33. The molecule has 0 amide bonds. The van der Waals surface area contributed by atoms with Gasteiger partial charge in [0.25, 0.3) is 0 Å². The summed E-state index contributed by atoms with van der Waals surface area (Å²) in [5, 5.41) is 0. The Bertz CT molecular complexity index is 1180. The molecule has 0 saturated carbocycles. The molecular formula is C36H44O8. The lowest BCUT2D eigenvalue weighted by Crippen LogP contribution is -2.34. The highest BCUT2D eigenvalue weighted by Crippen LogP contribution is 2.27. The molecule has 0 heterocycles. The highest BCUT2D eigenvalue weighted by molar-refractivity contribution is 5.47. The molecule has 0 spiro atoms. The van der Waals surface area contributed by atoms with Gasteiger partial charge < -0.3 is 37.9 Å². The summed E-state index contributed by atoms with van der Waals surface area (Å²) in [6.45, 7) is 9.49. The van der Waals surface area contributed by atoms with Gasteiger partial charge in [-0.05, 0) is 100 Å². The van der Waals surface area contributed by atoms with Gasteiger partial charge in [0.15, 0.2) is 22.4 Å². The summed E-state index contributed by atoms with van der Waals surface area (Å²) in [6, 6.07) is 0. The van der Waals surface area contributed by atoms with E-state index in [2.05, 4.69) is 47.4 Å². The molecule has 44 heavy (non-hydrogen) atoms. The lowest BCUT2D eigenvalue weighted by atomic mass is 9.89. The average molecular weight is 605 g/mol. The van der Waals surface area contributed by atoms with Gasteiger partial charge in [-0.25, -0.2) is 0 Å². The van der Waals surface area contributed by atoms with Crippen LogP contribution in [0.4, 0.5) is 0 Å². The maximum Gasteiger partial charge on any atom is 0.222 e. The predicted octanol–water partition coefficient (Wildman–Crippen LogP) is 4.15. The summed E-state index contributed by atoms with van der Waals surface area (Å²) in [5.41, 5.74) is -3.80. The van der Waals surface area contributed by atoms with Gasteiger partial charge in [0.1, 0.15) is 0 Å². The first-order valence-electron chi connectivity index (χ1n) is 14.5. The Hall–Kier alpha value is -3.38. The van der Waals surface area contributed by atoms with E-state index in [4.69, 9.17) is 37.9 Å². The van der Waals surface area contributed by atoms with Crippen LogP contribution in [0.1, 0.15) is 27.7 Å². The number of methoxy groups -OCH3 is 4. The Morgan fingerprint density at radius 1 is 0.455 bits per heavy atom. The number of rotatable bonds is 12. The van der Waals surface area contributed by atoms with Gasteiger partial charge in [-0.2, -0.15) is 0 Å². The van der Waals surface area contributed by atoms with E-state index in [1.165, 1.54) is 0 Å². The van der Waals surface area contributed by atoms with Crippen molar-refractivity contribution in [2.75, 3.05) is 54.9 Å². The van der Waals surface area contributed by atoms with Gasteiger partial charge in [0.05, 0.1) is 0 Å². The molecule has 236 valence electrons. The Kier molecular flexibility index (Phi) is 15.4. The van der Waals surface area contributed by atoms with Gasteiger partial charge in [-0.15, -0.1) is 0 Å². The quantitative estimate of drug-likeness (QED) is 0.187. The molecule has 2 aliphatic carbocycles. The van der Waals surface area contributed by atoms with Crippen LogP contribution in [0.25, 0.3) is 0 Å². The van der Waals surface area contributed by atoms with E-state index >= 15 is 0 Å². The molecule has 0 unspecified atom stereocenters. The maximum atomic E-state index is 5.70. The average Bonchev–Trinajstić information content (AvgIpc) is 3.06. The van der Waals surface area contributed by atoms with Crippen LogP contribution in [0.3, 0.4) is 0 Å². The van der Waals surface area contributed by atoms with Crippen molar-refractivity contribution in [3.05, 3.63) is 60.8 Å². The van der Waals surface area contributed by atoms with Crippen LogP contribution < -0.4 is 0 Å². The minimum atomic E-state index is -0.951. The number of hydrogen-bond donors (Lipinski definition) is 0. The molecular weight excluding hydrogens is 560 g/mol. The van der Waals surface area contributed by atoms with Crippen molar-refractivity contribution in [3.8, 4) is 47.4 Å². The Morgan fingerprint density at radius 3 is 0.932 bits per heavy atom. The van der Waals surface area contributed by atoms with Crippen molar-refractivity contribution in [1.29, 1.82) is 0 Å². The summed E-state index contributed by atoms with van der Waals surface area (Å²) in [6.07, 6.45) is 16.5. The molecule has 8 heteroatoms. The van der Waals surface area contributed by atoms with Crippen LogP contribution in [-0.2, 0) is 37.9 Å². The summed E-state index contributed by atoms with van der Waals surface area (Å²) < 4.78 is 44.8. The van der Waals surface area contributed by atoms with Crippen molar-refractivity contribution in [2.45, 2.75) is 62.7 Å². The van der Waals surface area contributed by atoms with E-state index in [1.54, 1.807) is 64.9 Å². The van der Waals surface area contributed by atoms with Gasteiger partial charge in [0, 0.05) is 54.9 Å². The number of allylic oxidation sites excluding steroid dienone is 2. The number of ether oxygens (including phenoxy) is 8. The summed E-state index contributed by atoms with van der Waals surface area (Å²) >= 11 is 0. The molecule has 2 aliphatic rings. The summed E-state index contributed by atoms with van der Waals surface area (Å²) in [7, 11) is 6.33.